The molecule has 212 valence electrons. The van der Waals surface area contributed by atoms with Crippen molar-refractivity contribution in [3.63, 3.8) is 0 Å². The largest absolute Gasteiger partial charge is 0.481 e. The fourth-order valence-corrected chi connectivity index (χ4v) is 5.94. The Balaban J connectivity index is 1.26. The Morgan fingerprint density at radius 3 is 2.43 bits per heavy atom. The Bertz CT molecular complexity index is 1770. The second-order valence-corrected chi connectivity index (χ2v) is 10.8. The normalized spacial score (nSPS) is 16.6. The van der Waals surface area contributed by atoms with E-state index in [1.165, 1.54) is 0 Å². The summed E-state index contributed by atoms with van der Waals surface area (Å²) in [4.78, 5) is 25.9. The van der Waals surface area contributed by atoms with E-state index in [-0.39, 0.29) is 5.92 Å². The summed E-state index contributed by atoms with van der Waals surface area (Å²) in [6.45, 7) is 4.47. The van der Waals surface area contributed by atoms with Crippen molar-refractivity contribution in [1.82, 2.24) is 19.6 Å². The van der Waals surface area contributed by atoms with Crippen LogP contribution in [0, 0.1) is 5.92 Å². The predicted octanol–water partition coefficient (Wildman–Crippen LogP) is 5.25. The quantitative estimate of drug-likeness (QED) is 0.301. The van der Waals surface area contributed by atoms with Gasteiger partial charge in [0.15, 0.2) is 5.65 Å². The lowest BCUT2D eigenvalue weighted by Crippen LogP contribution is -2.36. The van der Waals surface area contributed by atoms with Gasteiger partial charge < -0.3 is 19.6 Å². The van der Waals surface area contributed by atoms with Crippen LogP contribution < -0.4 is 9.80 Å². The van der Waals surface area contributed by atoms with Crippen molar-refractivity contribution in [2.45, 2.75) is 12.8 Å². The van der Waals surface area contributed by atoms with E-state index in [1.807, 2.05) is 53.2 Å². The molecule has 0 bridgehead atoms. The Kier molecular flexibility index (Phi) is 7.01. The van der Waals surface area contributed by atoms with Gasteiger partial charge in [0.2, 0.25) is 0 Å². The summed E-state index contributed by atoms with van der Waals surface area (Å²) >= 11 is 0. The van der Waals surface area contributed by atoms with Gasteiger partial charge in [-0.15, -0.1) is 0 Å². The Hall–Kier alpha value is -4.76. The summed E-state index contributed by atoms with van der Waals surface area (Å²) in [7, 11) is 0. The summed E-state index contributed by atoms with van der Waals surface area (Å²) in [5, 5.41) is 15.2. The molecule has 1 N–H and O–H groups in total. The van der Waals surface area contributed by atoms with Crippen LogP contribution in [0.25, 0.3) is 40.0 Å². The number of ether oxygens (including phenoxy) is 1. The Morgan fingerprint density at radius 2 is 1.64 bits per heavy atom. The second kappa shape index (κ2) is 11.3. The minimum Gasteiger partial charge on any atom is -0.481 e. The number of carboxylic acid groups (broad SMARTS) is 1. The molecular formula is C33H32N6O3. The Labute approximate surface area is 243 Å². The van der Waals surface area contributed by atoms with Crippen molar-refractivity contribution < 1.29 is 14.6 Å². The number of benzene rings is 2. The van der Waals surface area contributed by atoms with Crippen molar-refractivity contribution in [2.24, 2.45) is 5.92 Å². The van der Waals surface area contributed by atoms with Crippen LogP contribution >= 0.6 is 0 Å². The van der Waals surface area contributed by atoms with E-state index in [2.05, 4.69) is 46.2 Å². The third-order valence-electron chi connectivity index (χ3n) is 8.26. The molecule has 9 nitrogen and oxygen atoms in total. The SMILES string of the molecule is O=C(O)C1CCN(c2ccc(-c3c(C=Cc4ccc5ccccc5n4)nc4c(N5CCOCC5)ccnn34)cc2)CC1. The molecule has 9 heteroatoms. The molecule has 0 spiro atoms. The summed E-state index contributed by atoms with van der Waals surface area (Å²) in [5.74, 6) is -0.946. The summed E-state index contributed by atoms with van der Waals surface area (Å²) in [5.41, 5.74) is 7.48. The van der Waals surface area contributed by atoms with E-state index in [4.69, 9.17) is 19.8 Å². The molecule has 0 amide bonds. The number of carbonyl (C=O) groups is 1. The standard InChI is InChI=1S/C33H32N6O3/c40-33(41)25-14-17-37(18-15-25)27-10-6-24(7-11-27)31-29(12-9-26-8-5-23-3-1-2-4-28(23)35-26)36-32-30(13-16-34-39(31)32)38-19-21-42-22-20-38/h1-13,16,25H,14-15,17-22H2,(H,40,41). The van der Waals surface area contributed by atoms with Crippen LogP contribution in [0.2, 0.25) is 0 Å². The number of hydrogen-bond acceptors (Lipinski definition) is 7. The summed E-state index contributed by atoms with van der Waals surface area (Å²) < 4.78 is 7.53. The van der Waals surface area contributed by atoms with Gasteiger partial charge in [0, 0.05) is 42.8 Å². The molecule has 0 aliphatic carbocycles. The molecule has 7 rings (SSSR count). The first-order valence-electron chi connectivity index (χ1n) is 14.5. The van der Waals surface area contributed by atoms with E-state index in [1.54, 1.807) is 0 Å². The highest BCUT2D eigenvalue weighted by atomic mass is 16.5. The van der Waals surface area contributed by atoms with Crippen LogP contribution in [-0.4, -0.2) is 70.1 Å². The number of fused-ring (bicyclic) bond motifs is 2. The van der Waals surface area contributed by atoms with Gasteiger partial charge in [-0.25, -0.2) is 14.5 Å². The van der Waals surface area contributed by atoms with E-state index >= 15 is 0 Å². The maximum absolute atomic E-state index is 11.4. The first-order valence-corrected chi connectivity index (χ1v) is 14.5. The van der Waals surface area contributed by atoms with Crippen LogP contribution in [-0.2, 0) is 9.53 Å². The number of nitrogens with zero attached hydrogens (tertiary/aromatic N) is 6. The van der Waals surface area contributed by atoms with Crippen LogP contribution in [0.4, 0.5) is 11.4 Å². The van der Waals surface area contributed by atoms with E-state index < -0.39 is 5.97 Å². The number of morpholine rings is 1. The zero-order chi connectivity index (χ0) is 28.5. The van der Waals surface area contributed by atoms with E-state index in [0.29, 0.717) is 26.1 Å². The molecule has 42 heavy (non-hydrogen) atoms. The van der Waals surface area contributed by atoms with Gasteiger partial charge in [-0.05, 0) is 55.3 Å². The molecular weight excluding hydrogens is 528 g/mol. The molecule has 2 aromatic carbocycles. The van der Waals surface area contributed by atoms with Gasteiger partial charge in [-0.1, -0.05) is 36.4 Å². The number of aromatic nitrogens is 4. The van der Waals surface area contributed by atoms with Crippen LogP contribution in [0.15, 0.2) is 72.9 Å². The number of aliphatic carboxylic acids is 1. The number of pyridine rings is 1. The summed E-state index contributed by atoms with van der Waals surface area (Å²) in [6.07, 6.45) is 7.19. The van der Waals surface area contributed by atoms with Gasteiger partial charge >= 0.3 is 5.97 Å². The highest BCUT2D eigenvalue weighted by Gasteiger charge is 2.25. The van der Waals surface area contributed by atoms with Gasteiger partial charge in [0.25, 0.3) is 0 Å². The number of imidazole rings is 1. The van der Waals surface area contributed by atoms with Gasteiger partial charge in [-0.2, -0.15) is 5.10 Å². The molecule has 2 saturated heterocycles. The van der Waals surface area contributed by atoms with Crippen molar-refractivity contribution in [3.05, 3.63) is 84.3 Å². The van der Waals surface area contributed by atoms with E-state index in [0.717, 1.165) is 76.7 Å². The number of piperidine rings is 1. The minimum absolute atomic E-state index is 0.253. The average Bonchev–Trinajstić information content (AvgIpc) is 3.43. The first kappa shape index (κ1) is 26.2. The highest BCUT2D eigenvalue weighted by Crippen LogP contribution is 2.32. The van der Waals surface area contributed by atoms with Crippen molar-refractivity contribution in [3.8, 4) is 11.3 Å². The first-order chi connectivity index (χ1) is 20.6. The molecule has 3 aromatic heterocycles. The molecule has 2 aliphatic heterocycles. The number of hydrogen-bond donors (Lipinski definition) is 1. The van der Waals surface area contributed by atoms with Crippen molar-refractivity contribution in [2.75, 3.05) is 49.2 Å². The molecule has 0 unspecified atom stereocenters. The number of carboxylic acids is 1. The zero-order valence-electron chi connectivity index (χ0n) is 23.3. The molecule has 2 aliphatic rings. The molecule has 5 aromatic rings. The van der Waals surface area contributed by atoms with Gasteiger partial charge in [0.1, 0.15) is 5.69 Å². The maximum atomic E-state index is 11.4. The predicted molar refractivity (Wildman–Crippen MR) is 165 cm³/mol. The fraction of sp³-hybridized carbons (Fsp3) is 0.273. The second-order valence-electron chi connectivity index (χ2n) is 10.8. The molecule has 0 radical (unpaired) electrons. The lowest BCUT2D eigenvalue weighted by Gasteiger charge is -2.32. The monoisotopic (exact) mass is 560 g/mol. The number of anilines is 2. The van der Waals surface area contributed by atoms with E-state index in [9.17, 15) is 9.90 Å². The maximum Gasteiger partial charge on any atom is 0.306 e. The highest BCUT2D eigenvalue weighted by molar-refractivity contribution is 5.85. The molecule has 2 fully saturated rings. The smallest absolute Gasteiger partial charge is 0.306 e. The van der Waals surface area contributed by atoms with Crippen LogP contribution in [0.5, 0.6) is 0 Å². The van der Waals surface area contributed by atoms with Crippen molar-refractivity contribution in [1.29, 1.82) is 0 Å². The van der Waals surface area contributed by atoms with Crippen LogP contribution in [0.3, 0.4) is 0 Å². The third-order valence-corrected chi connectivity index (χ3v) is 8.26. The lowest BCUT2D eigenvalue weighted by atomic mass is 9.96. The molecule has 0 atom stereocenters. The van der Waals surface area contributed by atoms with Gasteiger partial charge in [-0.3, -0.25) is 4.79 Å². The van der Waals surface area contributed by atoms with Crippen molar-refractivity contribution >= 4 is 46.0 Å². The number of para-hydroxylation sites is 1. The third kappa shape index (κ3) is 5.07. The minimum atomic E-state index is -0.693. The topological polar surface area (TPSA) is 96.1 Å². The fourth-order valence-electron chi connectivity index (χ4n) is 5.94. The Morgan fingerprint density at radius 1 is 0.857 bits per heavy atom. The molecule has 5 heterocycles. The zero-order valence-corrected chi connectivity index (χ0v) is 23.3. The lowest BCUT2D eigenvalue weighted by molar-refractivity contribution is -0.142. The summed E-state index contributed by atoms with van der Waals surface area (Å²) in [6, 6.07) is 22.7. The van der Waals surface area contributed by atoms with Gasteiger partial charge in [0.05, 0.1) is 47.9 Å². The molecule has 0 saturated carbocycles. The average molecular weight is 561 g/mol. The van der Waals surface area contributed by atoms with Crippen LogP contribution in [0.1, 0.15) is 24.2 Å². The number of rotatable bonds is 6.